The smallest absolute Gasteiger partial charge is 0.406 e. The van der Waals surface area contributed by atoms with Gasteiger partial charge in [0.2, 0.25) is 5.91 Å². The molecule has 0 spiro atoms. The van der Waals surface area contributed by atoms with Crippen LogP contribution in [0.15, 0.2) is 24.3 Å². The highest BCUT2D eigenvalue weighted by atomic mass is 35.5. The van der Waals surface area contributed by atoms with Crippen LogP contribution in [0.2, 0.25) is 0 Å². The molecule has 3 N–H and O–H groups in total. The van der Waals surface area contributed by atoms with Crippen LogP contribution in [0, 0.1) is 0 Å². The summed E-state index contributed by atoms with van der Waals surface area (Å²) in [5, 5.41) is 2.52. The number of benzene rings is 1. The second kappa shape index (κ2) is 8.71. The van der Waals surface area contributed by atoms with Crippen molar-refractivity contribution in [2.24, 2.45) is 5.73 Å². The average molecular weight is 329 g/mol. The molecule has 0 aromatic heterocycles. The molecule has 0 saturated heterocycles. The lowest BCUT2D eigenvalue weighted by atomic mass is 10.2. The number of carbonyl (C=O) groups is 1. The first-order chi connectivity index (χ1) is 9.34. The molecule has 0 radical (unpaired) electrons. The van der Waals surface area contributed by atoms with Crippen LogP contribution in [0.5, 0.6) is 5.75 Å². The van der Waals surface area contributed by atoms with Crippen LogP contribution < -0.4 is 15.8 Å². The maximum atomic E-state index is 12.0. The second-order valence-corrected chi connectivity index (χ2v) is 3.92. The number of halogens is 4. The van der Waals surface area contributed by atoms with Crippen LogP contribution >= 0.6 is 12.4 Å². The fourth-order valence-corrected chi connectivity index (χ4v) is 1.42. The third-order valence-electron chi connectivity index (χ3n) is 2.38. The monoisotopic (exact) mass is 328 g/mol. The van der Waals surface area contributed by atoms with E-state index in [2.05, 4.69) is 10.1 Å². The van der Waals surface area contributed by atoms with Gasteiger partial charge >= 0.3 is 6.36 Å². The van der Waals surface area contributed by atoms with E-state index < -0.39 is 12.5 Å². The Hall–Kier alpha value is -1.51. The summed E-state index contributed by atoms with van der Waals surface area (Å²) in [5.74, 6) is -0.695. The predicted molar refractivity (Wildman–Crippen MR) is 73.5 cm³/mol. The van der Waals surface area contributed by atoms with E-state index in [1.54, 1.807) is 0 Å². The summed E-state index contributed by atoms with van der Waals surface area (Å²) in [4.78, 5) is 11.6. The molecule has 0 aliphatic heterocycles. The van der Waals surface area contributed by atoms with Crippen LogP contribution in [0.25, 0.3) is 0 Å². The number of ether oxygens (including phenoxy) is 2. The van der Waals surface area contributed by atoms with Gasteiger partial charge in [0.15, 0.2) is 0 Å². The van der Waals surface area contributed by atoms with Crippen molar-refractivity contribution in [1.82, 2.24) is 0 Å². The Morgan fingerprint density at radius 1 is 1.33 bits per heavy atom. The first kappa shape index (κ1) is 19.5. The molecule has 1 atom stereocenters. The van der Waals surface area contributed by atoms with E-state index in [0.29, 0.717) is 5.69 Å². The maximum absolute atomic E-state index is 12.0. The van der Waals surface area contributed by atoms with Crippen molar-refractivity contribution >= 4 is 24.0 Å². The molecule has 5 nitrogen and oxygen atoms in total. The standard InChI is InChI=1S/C12H15F3N2O3.ClH/c1-19-10(7-16)6-11(18)17-8-2-4-9(5-3-8)20-12(13,14)15;/h2-5,10H,6-7,16H2,1H3,(H,17,18);1H. The quantitative estimate of drug-likeness (QED) is 0.840. The minimum atomic E-state index is -4.74. The van der Waals surface area contributed by atoms with Gasteiger partial charge in [0.1, 0.15) is 5.75 Å². The number of anilines is 1. The normalized spacial score (nSPS) is 12.2. The lowest BCUT2D eigenvalue weighted by molar-refractivity contribution is -0.274. The van der Waals surface area contributed by atoms with Crippen molar-refractivity contribution in [2.75, 3.05) is 19.0 Å². The van der Waals surface area contributed by atoms with Gasteiger partial charge in [-0.05, 0) is 24.3 Å². The Bertz CT molecular complexity index is 436. The van der Waals surface area contributed by atoms with Crippen LogP contribution in [0.1, 0.15) is 6.42 Å². The van der Waals surface area contributed by atoms with Crippen LogP contribution in [0.3, 0.4) is 0 Å². The Morgan fingerprint density at radius 2 is 1.90 bits per heavy atom. The largest absolute Gasteiger partial charge is 0.573 e. The zero-order valence-electron chi connectivity index (χ0n) is 11.1. The number of rotatable bonds is 6. The molecule has 1 aromatic carbocycles. The van der Waals surface area contributed by atoms with Crippen molar-refractivity contribution in [3.8, 4) is 5.75 Å². The van der Waals surface area contributed by atoms with Gasteiger partial charge in [0.05, 0.1) is 12.5 Å². The van der Waals surface area contributed by atoms with Crippen LogP contribution in [-0.4, -0.2) is 32.0 Å². The van der Waals surface area contributed by atoms with Gasteiger partial charge in [0.25, 0.3) is 0 Å². The number of nitrogens with two attached hydrogens (primary N) is 1. The Labute approximate surface area is 126 Å². The summed E-state index contributed by atoms with van der Waals surface area (Å²) < 4.78 is 44.5. The zero-order valence-corrected chi connectivity index (χ0v) is 12.0. The van der Waals surface area contributed by atoms with Crippen molar-refractivity contribution in [3.63, 3.8) is 0 Å². The fourth-order valence-electron chi connectivity index (χ4n) is 1.42. The van der Waals surface area contributed by atoms with Gasteiger partial charge in [-0.2, -0.15) is 0 Å². The fraction of sp³-hybridized carbons (Fsp3) is 0.417. The lowest BCUT2D eigenvalue weighted by Crippen LogP contribution is -2.28. The van der Waals surface area contributed by atoms with Crippen molar-refractivity contribution < 1.29 is 27.4 Å². The van der Waals surface area contributed by atoms with Crippen molar-refractivity contribution in [3.05, 3.63) is 24.3 Å². The minimum Gasteiger partial charge on any atom is -0.406 e. The van der Waals surface area contributed by atoms with Gasteiger partial charge < -0.3 is 20.5 Å². The number of amides is 1. The molecule has 1 rings (SSSR count). The van der Waals surface area contributed by atoms with Gasteiger partial charge in [-0.15, -0.1) is 25.6 Å². The molecule has 9 heteroatoms. The first-order valence-electron chi connectivity index (χ1n) is 5.72. The number of hydrogen-bond donors (Lipinski definition) is 2. The second-order valence-electron chi connectivity index (χ2n) is 3.92. The highest BCUT2D eigenvalue weighted by Gasteiger charge is 2.30. The number of methoxy groups -OCH3 is 1. The van der Waals surface area contributed by atoms with Gasteiger partial charge in [-0.25, -0.2) is 0 Å². The van der Waals surface area contributed by atoms with E-state index in [4.69, 9.17) is 10.5 Å². The summed E-state index contributed by atoms with van der Waals surface area (Å²) in [6, 6.07) is 4.84. The third kappa shape index (κ3) is 7.74. The predicted octanol–water partition coefficient (Wildman–Crippen LogP) is 2.31. The molecule has 1 unspecified atom stereocenters. The highest BCUT2D eigenvalue weighted by molar-refractivity contribution is 5.91. The summed E-state index contributed by atoms with van der Waals surface area (Å²) in [7, 11) is 1.44. The first-order valence-corrected chi connectivity index (χ1v) is 5.72. The maximum Gasteiger partial charge on any atom is 0.573 e. The van der Waals surface area contributed by atoms with Crippen molar-refractivity contribution in [1.29, 1.82) is 0 Å². The number of nitrogens with one attached hydrogen (secondary N) is 1. The lowest BCUT2D eigenvalue weighted by Gasteiger charge is -2.13. The molecular formula is C12H16ClF3N2O3. The molecule has 0 fully saturated rings. The molecule has 0 aliphatic carbocycles. The summed E-state index contributed by atoms with van der Waals surface area (Å²) in [5.41, 5.74) is 5.73. The average Bonchev–Trinajstić information content (AvgIpc) is 2.36. The van der Waals surface area contributed by atoms with Crippen LogP contribution in [-0.2, 0) is 9.53 Å². The summed E-state index contributed by atoms with van der Waals surface area (Å²) in [6.45, 7) is 0.197. The Morgan fingerprint density at radius 3 is 2.33 bits per heavy atom. The van der Waals surface area contributed by atoms with E-state index in [-0.39, 0.29) is 37.0 Å². The van der Waals surface area contributed by atoms with Gasteiger partial charge in [-0.1, -0.05) is 0 Å². The molecule has 1 aromatic rings. The molecule has 120 valence electrons. The summed E-state index contributed by atoms with van der Waals surface area (Å²) in [6.07, 6.45) is -5.08. The third-order valence-corrected chi connectivity index (χ3v) is 2.38. The van der Waals surface area contributed by atoms with Gasteiger partial charge in [0, 0.05) is 19.3 Å². The van der Waals surface area contributed by atoms with E-state index in [1.807, 2.05) is 0 Å². The SMILES string of the molecule is COC(CN)CC(=O)Nc1ccc(OC(F)(F)F)cc1.Cl. The topological polar surface area (TPSA) is 73.6 Å². The highest BCUT2D eigenvalue weighted by Crippen LogP contribution is 2.23. The molecule has 0 saturated carbocycles. The number of carbonyl (C=O) groups excluding carboxylic acids is 1. The molecule has 0 bridgehead atoms. The number of alkyl halides is 3. The van der Waals surface area contributed by atoms with E-state index in [0.717, 1.165) is 12.1 Å². The minimum absolute atomic E-state index is 0. The number of hydrogen-bond acceptors (Lipinski definition) is 4. The van der Waals surface area contributed by atoms with Crippen molar-refractivity contribution in [2.45, 2.75) is 18.9 Å². The molecule has 0 heterocycles. The van der Waals surface area contributed by atoms with E-state index >= 15 is 0 Å². The van der Waals surface area contributed by atoms with Crippen LogP contribution in [0.4, 0.5) is 18.9 Å². The Balaban J connectivity index is 0.00000400. The Kier molecular flexibility index (Phi) is 8.08. The van der Waals surface area contributed by atoms with E-state index in [9.17, 15) is 18.0 Å². The molecular weight excluding hydrogens is 313 g/mol. The summed E-state index contributed by atoms with van der Waals surface area (Å²) >= 11 is 0. The zero-order chi connectivity index (χ0) is 15.2. The van der Waals surface area contributed by atoms with E-state index in [1.165, 1.54) is 19.2 Å². The van der Waals surface area contributed by atoms with Gasteiger partial charge in [-0.3, -0.25) is 4.79 Å². The molecule has 21 heavy (non-hydrogen) atoms. The molecule has 0 aliphatic rings. The molecule has 1 amide bonds.